The van der Waals surface area contributed by atoms with Crippen molar-refractivity contribution < 1.29 is 4.74 Å². The highest BCUT2D eigenvalue weighted by atomic mass is 16.5. The highest BCUT2D eigenvalue weighted by Crippen LogP contribution is 2.33. The Morgan fingerprint density at radius 2 is 2.00 bits per heavy atom. The molecule has 2 rings (SSSR count). The van der Waals surface area contributed by atoms with Crippen LogP contribution in [0, 0.1) is 13.8 Å². The molecule has 0 amide bonds. The lowest BCUT2D eigenvalue weighted by molar-refractivity contribution is 0.400. The van der Waals surface area contributed by atoms with Crippen LogP contribution in [0.15, 0.2) is 24.4 Å². The van der Waals surface area contributed by atoms with Crippen LogP contribution in [0.25, 0.3) is 0 Å². The van der Waals surface area contributed by atoms with Gasteiger partial charge in [-0.1, -0.05) is 12.1 Å². The minimum atomic E-state index is 0.0711. The molecule has 1 aromatic carbocycles. The first-order valence-corrected chi connectivity index (χ1v) is 6.39. The molecule has 1 aromatic heterocycles. The number of aromatic nitrogens is 2. The van der Waals surface area contributed by atoms with E-state index in [9.17, 15) is 0 Å². The fourth-order valence-electron chi connectivity index (χ4n) is 2.44. The minimum Gasteiger partial charge on any atom is -0.496 e. The van der Waals surface area contributed by atoms with Crippen molar-refractivity contribution in [2.45, 2.75) is 19.9 Å². The van der Waals surface area contributed by atoms with Crippen LogP contribution in [0.5, 0.6) is 5.75 Å². The monoisotopic (exact) mass is 259 g/mol. The van der Waals surface area contributed by atoms with Crippen LogP contribution in [0.4, 0.5) is 0 Å². The number of rotatable bonds is 4. The number of methoxy groups -OCH3 is 1. The summed E-state index contributed by atoms with van der Waals surface area (Å²) >= 11 is 0. The molecule has 4 nitrogen and oxygen atoms in total. The topological polar surface area (TPSA) is 39.1 Å². The zero-order valence-corrected chi connectivity index (χ0v) is 12.2. The Bertz CT molecular complexity index is 575. The normalized spacial score (nSPS) is 12.5. The summed E-state index contributed by atoms with van der Waals surface area (Å²) < 4.78 is 7.49. The van der Waals surface area contributed by atoms with Gasteiger partial charge in [-0.2, -0.15) is 5.10 Å². The third kappa shape index (κ3) is 2.36. The Balaban J connectivity index is 2.56. The molecule has 1 heterocycles. The van der Waals surface area contributed by atoms with Gasteiger partial charge in [0.15, 0.2) is 0 Å². The first-order chi connectivity index (χ1) is 9.10. The van der Waals surface area contributed by atoms with Crippen molar-refractivity contribution in [1.29, 1.82) is 0 Å². The smallest absolute Gasteiger partial charge is 0.127 e. The van der Waals surface area contributed by atoms with Crippen LogP contribution in [0.3, 0.4) is 0 Å². The van der Waals surface area contributed by atoms with E-state index < -0.39 is 0 Å². The molecule has 0 fully saturated rings. The SMILES string of the molecule is CNC(c1ccc(C)c(C)c1OC)c1ccnn1C. The molecule has 102 valence electrons. The van der Waals surface area contributed by atoms with Crippen LogP contribution < -0.4 is 10.1 Å². The second kappa shape index (κ2) is 5.45. The number of benzene rings is 1. The van der Waals surface area contributed by atoms with Gasteiger partial charge in [-0.25, -0.2) is 0 Å². The maximum Gasteiger partial charge on any atom is 0.127 e. The Kier molecular flexibility index (Phi) is 3.90. The lowest BCUT2D eigenvalue weighted by Gasteiger charge is -2.21. The third-order valence-corrected chi connectivity index (χ3v) is 3.67. The lowest BCUT2D eigenvalue weighted by Crippen LogP contribution is -2.21. The van der Waals surface area contributed by atoms with Gasteiger partial charge in [0.1, 0.15) is 5.75 Å². The van der Waals surface area contributed by atoms with Crippen molar-refractivity contribution in [2.75, 3.05) is 14.2 Å². The predicted molar refractivity (Wildman–Crippen MR) is 76.6 cm³/mol. The van der Waals surface area contributed by atoms with Gasteiger partial charge in [0, 0.05) is 18.8 Å². The zero-order chi connectivity index (χ0) is 14.0. The molecule has 0 aliphatic heterocycles. The molecule has 0 aliphatic carbocycles. The summed E-state index contributed by atoms with van der Waals surface area (Å²) in [6, 6.07) is 6.35. The first kappa shape index (κ1) is 13.6. The summed E-state index contributed by atoms with van der Waals surface area (Å²) in [6.07, 6.45) is 1.81. The molecule has 0 bridgehead atoms. The number of nitrogens with zero attached hydrogens (tertiary/aromatic N) is 2. The van der Waals surface area contributed by atoms with E-state index in [1.807, 2.05) is 31.0 Å². The molecule has 1 N–H and O–H groups in total. The number of hydrogen-bond donors (Lipinski definition) is 1. The van der Waals surface area contributed by atoms with E-state index in [1.165, 1.54) is 11.1 Å². The quantitative estimate of drug-likeness (QED) is 0.916. The standard InChI is InChI=1S/C15H21N3O/c1-10-6-7-12(15(19-5)11(10)2)14(16-3)13-8-9-17-18(13)4/h6-9,14,16H,1-5H3. The second-order valence-electron chi connectivity index (χ2n) is 4.73. The van der Waals surface area contributed by atoms with Crippen molar-refractivity contribution in [3.8, 4) is 5.75 Å². The summed E-state index contributed by atoms with van der Waals surface area (Å²) in [5.41, 5.74) is 4.67. The number of aryl methyl sites for hydroxylation is 2. The molecular formula is C15H21N3O. The Morgan fingerprint density at radius 3 is 2.53 bits per heavy atom. The molecule has 1 unspecified atom stereocenters. The van der Waals surface area contributed by atoms with Crippen LogP contribution in [-0.4, -0.2) is 23.9 Å². The van der Waals surface area contributed by atoms with E-state index in [4.69, 9.17) is 4.74 Å². The fourth-order valence-corrected chi connectivity index (χ4v) is 2.44. The van der Waals surface area contributed by atoms with Crippen molar-refractivity contribution in [3.63, 3.8) is 0 Å². The Labute approximate surface area is 114 Å². The van der Waals surface area contributed by atoms with Crippen LogP contribution in [0.1, 0.15) is 28.4 Å². The number of hydrogen-bond acceptors (Lipinski definition) is 3. The van der Waals surface area contributed by atoms with Crippen molar-refractivity contribution >= 4 is 0 Å². The fraction of sp³-hybridized carbons (Fsp3) is 0.400. The van der Waals surface area contributed by atoms with Crippen LogP contribution >= 0.6 is 0 Å². The molecule has 1 atom stereocenters. The molecular weight excluding hydrogens is 238 g/mol. The van der Waals surface area contributed by atoms with Crippen molar-refractivity contribution in [2.24, 2.45) is 7.05 Å². The average Bonchev–Trinajstić information content (AvgIpc) is 2.81. The molecule has 0 radical (unpaired) electrons. The van der Waals surface area contributed by atoms with Gasteiger partial charge in [0.25, 0.3) is 0 Å². The Morgan fingerprint density at radius 1 is 1.26 bits per heavy atom. The maximum absolute atomic E-state index is 5.61. The maximum atomic E-state index is 5.61. The molecule has 0 saturated carbocycles. The molecule has 0 saturated heterocycles. The predicted octanol–water partition coefficient (Wildman–Crippen LogP) is 2.35. The van der Waals surface area contributed by atoms with E-state index in [1.54, 1.807) is 7.11 Å². The summed E-state index contributed by atoms with van der Waals surface area (Å²) in [6.45, 7) is 4.19. The van der Waals surface area contributed by atoms with Crippen LogP contribution in [0.2, 0.25) is 0 Å². The lowest BCUT2D eigenvalue weighted by atomic mass is 9.97. The highest BCUT2D eigenvalue weighted by Gasteiger charge is 2.20. The molecule has 0 aliphatic rings. The van der Waals surface area contributed by atoms with E-state index in [-0.39, 0.29) is 6.04 Å². The average molecular weight is 259 g/mol. The Hall–Kier alpha value is -1.81. The molecule has 19 heavy (non-hydrogen) atoms. The summed E-state index contributed by atoms with van der Waals surface area (Å²) in [5, 5.41) is 7.58. The first-order valence-electron chi connectivity index (χ1n) is 6.39. The van der Waals surface area contributed by atoms with Crippen LogP contribution in [-0.2, 0) is 7.05 Å². The highest BCUT2D eigenvalue weighted by molar-refractivity contribution is 5.48. The largest absolute Gasteiger partial charge is 0.496 e. The number of ether oxygens (including phenoxy) is 1. The van der Waals surface area contributed by atoms with Gasteiger partial charge in [-0.05, 0) is 38.1 Å². The molecule has 2 aromatic rings. The molecule has 4 heteroatoms. The minimum absolute atomic E-state index is 0.0711. The van der Waals surface area contributed by atoms with Crippen molar-refractivity contribution in [1.82, 2.24) is 15.1 Å². The van der Waals surface area contributed by atoms with Gasteiger partial charge in [-0.3, -0.25) is 4.68 Å². The number of nitrogens with one attached hydrogen (secondary N) is 1. The van der Waals surface area contributed by atoms with E-state index in [0.717, 1.165) is 17.0 Å². The van der Waals surface area contributed by atoms with E-state index in [0.29, 0.717) is 0 Å². The van der Waals surface area contributed by atoms with Gasteiger partial charge in [0.05, 0.1) is 18.8 Å². The zero-order valence-electron chi connectivity index (χ0n) is 12.2. The second-order valence-corrected chi connectivity index (χ2v) is 4.73. The van der Waals surface area contributed by atoms with E-state index in [2.05, 4.69) is 36.4 Å². The summed E-state index contributed by atoms with van der Waals surface area (Å²) in [7, 11) is 5.63. The summed E-state index contributed by atoms with van der Waals surface area (Å²) in [5.74, 6) is 0.945. The summed E-state index contributed by atoms with van der Waals surface area (Å²) in [4.78, 5) is 0. The van der Waals surface area contributed by atoms with Crippen molar-refractivity contribution in [3.05, 3.63) is 46.8 Å². The van der Waals surface area contributed by atoms with Gasteiger partial charge in [0.2, 0.25) is 0 Å². The van der Waals surface area contributed by atoms with Gasteiger partial charge >= 0.3 is 0 Å². The van der Waals surface area contributed by atoms with Gasteiger partial charge < -0.3 is 10.1 Å². The van der Waals surface area contributed by atoms with E-state index >= 15 is 0 Å². The molecule has 0 spiro atoms. The van der Waals surface area contributed by atoms with Gasteiger partial charge in [-0.15, -0.1) is 0 Å². The third-order valence-electron chi connectivity index (χ3n) is 3.67.